The van der Waals surface area contributed by atoms with Gasteiger partial charge in [0.25, 0.3) is 0 Å². The SMILES string of the molecule is COCc1c([C@@H]2CCC[C@H](c3ncccc3C)N2C)nc2cccc(N)n12. The first-order valence-corrected chi connectivity index (χ1v) is 9.50. The van der Waals surface area contributed by atoms with E-state index < -0.39 is 0 Å². The Morgan fingerprint density at radius 3 is 2.67 bits per heavy atom. The van der Waals surface area contributed by atoms with Gasteiger partial charge in [-0.1, -0.05) is 12.1 Å². The van der Waals surface area contributed by atoms with Crippen molar-refractivity contribution in [2.45, 2.75) is 44.9 Å². The average molecular weight is 365 g/mol. The zero-order valence-electron chi connectivity index (χ0n) is 16.2. The van der Waals surface area contributed by atoms with E-state index in [9.17, 15) is 0 Å². The van der Waals surface area contributed by atoms with Gasteiger partial charge in [0.15, 0.2) is 0 Å². The maximum atomic E-state index is 6.25. The Morgan fingerprint density at radius 2 is 1.93 bits per heavy atom. The van der Waals surface area contributed by atoms with Crippen LogP contribution in [-0.2, 0) is 11.3 Å². The summed E-state index contributed by atoms with van der Waals surface area (Å²) in [4.78, 5) is 12.1. The predicted octanol–water partition coefficient (Wildman–Crippen LogP) is 3.66. The van der Waals surface area contributed by atoms with E-state index in [1.807, 2.05) is 34.9 Å². The molecule has 0 radical (unpaired) electrons. The van der Waals surface area contributed by atoms with E-state index in [1.54, 1.807) is 7.11 Å². The molecule has 1 saturated heterocycles. The number of rotatable bonds is 4. The molecule has 27 heavy (non-hydrogen) atoms. The maximum Gasteiger partial charge on any atom is 0.138 e. The summed E-state index contributed by atoms with van der Waals surface area (Å²) in [5, 5.41) is 0. The molecule has 4 heterocycles. The first-order valence-electron chi connectivity index (χ1n) is 9.50. The highest BCUT2D eigenvalue weighted by Crippen LogP contribution is 2.41. The molecule has 2 N–H and O–H groups in total. The topological polar surface area (TPSA) is 68.7 Å². The molecule has 0 aromatic carbocycles. The minimum Gasteiger partial charge on any atom is -0.385 e. The van der Waals surface area contributed by atoms with Crippen LogP contribution in [0.5, 0.6) is 0 Å². The van der Waals surface area contributed by atoms with Gasteiger partial charge in [-0.25, -0.2) is 4.98 Å². The van der Waals surface area contributed by atoms with Crippen LogP contribution in [-0.4, -0.2) is 33.4 Å². The highest BCUT2D eigenvalue weighted by molar-refractivity contribution is 5.52. The minimum atomic E-state index is 0.217. The molecule has 1 aliphatic rings. The minimum absolute atomic E-state index is 0.217. The molecule has 0 amide bonds. The van der Waals surface area contributed by atoms with Crippen molar-refractivity contribution < 1.29 is 4.74 Å². The molecule has 3 aromatic rings. The summed E-state index contributed by atoms with van der Waals surface area (Å²) in [6.45, 7) is 2.63. The third-order valence-electron chi connectivity index (χ3n) is 5.70. The molecule has 6 nitrogen and oxygen atoms in total. The monoisotopic (exact) mass is 365 g/mol. The van der Waals surface area contributed by atoms with E-state index in [0.717, 1.165) is 36.3 Å². The number of hydrogen-bond acceptors (Lipinski definition) is 5. The van der Waals surface area contributed by atoms with Crippen LogP contribution in [0.3, 0.4) is 0 Å². The average Bonchev–Trinajstić information content (AvgIpc) is 3.03. The second-order valence-electron chi connectivity index (χ2n) is 7.35. The van der Waals surface area contributed by atoms with E-state index in [2.05, 4.69) is 29.9 Å². The van der Waals surface area contributed by atoms with Gasteiger partial charge in [0.1, 0.15) is 11.5 Å². The van der Waals surface area contributed by atoms with Crippen LogP contribution in [0, 0.1) is 6.92 Å². The lowest BCUT2D eigenvalue weighted by Crippen LogP contribution is -2.34. The summed E-state index contributed by atoms with van der Waals surface area (Å²) in [5.74, 6) is 0.689. The molecule has 0 saturated carbocycles. The summed E-state index contributed by atoms with van der Waals surface area (Å²) in [7, 11) is 3.90. The molecule has 0 bridgehead atoms. The van der Waals surface area contributed by atoms with Crippen molar-refractivity contribution in [1.29, 1.82) is 0 Å². The number of piperidine rings is 1. The number of imidazole rings is 1. The summed E-state index contributed by atoms with van der Waals surface area (Å²) < 4.78 is 7.52. The Morgan fingerprint density at radius 1 is 1.15 bits per heavy atom. The first kappa shape index (κ1) is 17.9. The normalized spacial score (nSPS) is 21.0. The fourth-order valence-electron chi connectivity index (χ4n) is 4.38. The molecule has 4 rings (SSSR count). The summed E-state index contributed by atoms with van der Waals surface area (Å²) in [5.41, 5.74) is 11.6. The van der Waals surface area contributed by atoms with Crippen LogP contribution >= 0.6 is 0 Å². The van der Waals surface area contributed by atoms with E-state index >= 15 is 0 Å². The van der Waals surface area contributed by atoms with Gasteiger partial charge in [0.2, 0.25) is 0 Å². The lowest BCUT2D eigenvalue weighted by molar-refractivity contribution is 0.106. The third kappa shape index (κ3) is 3.09. The summed E-state index contributed by atoms with van der Waals surface area (Å²) >= 11 is 0. The molecule has 1 fully saturated rings. The smallest absolute Gasteiger partial charge is 0.138 e. The standard InChI is InChI=1S/C21H27N5O/c1-14-7-6-12-23-20(14)15-8-4-9-16(25(15)2)21-17(13-27-3)26-18(22)10-5-11-19(26)24-21/h5-7,10-12,15-16H,4,8-9,13,22H2,1-3H3/t15-,16+/m1/s1. The molecule has 6 heteroatoms. The van der Waals surface area contributed by atoms with Crippen molar-refractivity contribution in [2.75, 3.05) is 19.9 Å². The van der Waals surface area contributed by atoms with E-state index in [0.29, 0.717) is 18.5 Å². The predicted molar refractivity (Wildman–Crippen MR) is 106 cm³/mol. The number of anilines is 1. The Balaban J connectivity index is 1.78. The fraction of sp³-hybridized carbons (Fsp3) is 0.429. The van der Waals surface area contributed by atoms with Gasteiger partial charge in [-0.05, 0) is 57.0 Å². The summed E-state index contributed by atoms with van der Waals surface area (Å²) in [6, 6.07) is 10.5. The number of ether oxygens (including phenoxy) is 1. The second kappa shape index (κ2) is 7.29. The van der Waals surface area contributed by atoms with Crippen molar-refractivity contribution in [3.05, 3.63) is 59.2 Å². The number of hydrogen-bond donors (Lipinski definition) is 1. The van der Waals surface area contributed by atoms with Gasteiger partial charge in [0.05, 0.1) is 35.8 Å². The van der Waals surface area contributed by atoms with Crippen molar-refractivity contribution in [3.8, 4) is 0 Å². The third-order valence-corrected chi connectivity index (χ3v) is 5.70. The van der Waals surface area contributed by atoms with Crippen LogP contribution < -0.4 is 5.73 Å². The van der Waals surface area contributed by atoms with E-state index in [-0.39, 0.29) is 6.04 Å². The molecule has 2 atom stereocenters. The van der Waals surface area contributed by atoms with Crippen LogP contribution in [0.2, 0.25) is 0 Å². The van der Waals surface area contributed by atoms with Gasteiger partial charge >= 0.3 is 0 Å². The van der Waals surface area contributed by atoms with Crippen molar-refractivity contribution in [3.63, 3.8) is 0 Å². The Labute approximate surface area is 160 Å². The molecule has 0 aliphatic carbocycles. The number of nitrogens with two attached hydrogens (primary N) is 1. The second-order valence-corrected chi connectivity index (χ2v) is 7.35. The number of nitrogen functional groups attached to an aromatic ring is 1. The Kier molecular flexibility index (Phi) is 4.85. The summed E-state index contributed by atoms with van der Waals surface area (Å²) in [6.07, 6.45) is 5.21. The number of aryl methyl sites for hydroxylation is 1. The lowest BCUT2D eigenvalue weighted by atomic mass is 9.90. The van der Waals surface area contributed by atoms with Gasteiger partial charge in [0, 0.05) is 13.3 Å². The van der Waals surface area contributed by atoms with E-state index in [1.165, 1.54) is 11.3 Å². The molecule has 0 unspecified atom stereocenters. The number of likely N-dealkylation sites (tertiary alicyclic amines) is 1. The molecule has 3 aromatic heterocycles. The Hall–Kier alpha value is -2.44. The zero-order chi connectivity index (χ0) is 19.0. The quantitative estimate of drug-likeness (QED) is 0.764. The van der Waals surface area contributed by atoms with Gasteiger partial charge in [-0.3, -0.25) is 14.3 Å². The molecule has 1 aliphatic heterocycles. The van der Waals surface area contributed by atoms with Crippen LogP contribution in [0.15, 0.2) is 36.5 Å². The number of methoxy groups -OCH3 is 1. The van der Waals surface area contributed by atoms with Crippen LogP contribution in [0.4, 0.5) is 5.82 Å². The van der Waals surface area contributed by atoms with Gasteiger partial charge < -0.3 is 10.5 Å². The molecular weight excluding hydrogens is 338 g/mol. The number of fused-ring (bicyclic) bond motifs is 1. The van der Waals surface area contributed by atoms with Crippen LogP contribution in [0.25, 0.3) is 5.65 Å². The van der Waals surface area contributed by atoms with Crippen molar-refractivity contribution in [1.82, 2.24) is 19.3 Å². The number of nitrogens with zero attached hydrogens (tertiary/aromatic N) is 4. The highest BCUT2D eigenvalue weighted by atomic mass is 16.5. The Bertz CT molecular complexity index is 951. The number of pyridine rings is 2. The molecule has 142 valence electrons. The highest BCUT2D eigenvalue weighted by Gasteiger charge is 2.34. The van der Waals surface area contributed by atoms with Gasteiger partial charge in [-0.2, -0.15) is 0 Å². The zero-order valence-corrected chi connectivity index (χ0v) is 16.2. The van der Waals surface area contributed by atoms with E-state index in [4.69, 9.17) is 15.5 Å². The van der Waals surface area contributed by atoms with Crippen LogP contribution in [0.1, 0.15) is 54.0 Å². The first-order chi connectivity index (χ1) is 13.1. The number of aromatic nitrogens is 3. The van der Waals surface area contributed by atoms with Crippen molar-refractivity contribution >= 4 is 11.5 Å². The van der Waals surface area contributed by atoms with Gasteiger partial charge in [-0.15, -0.1) is 0 Å². The lowest BCUT2D eigenvalue weighted by Gasteiger charge is -2.39. The maximum absolute atomic E-state index is 6.25. The molecular formula is C21H27N5O. The molecule has 0 spiro atoms. The fourth-order valence-corrected chi connectivity index (χ4v) is 4.38. The van der Waals surface area contributed by atoms with Crippen molar-refractivity contribution in [2.24, 2.45) is 0 Å². The largest absolute Gasteiger partial charge is 0.385 e.